The number of carbonyl (C=O) groups excluding carboxylic acids is 2. The minimum atomic E-state index is -0.349. The first-order valence-electron chi connectivity index (χ1n) is 12.1. The second-order valence-electron chi connectivity index (χ2n) is 10.2. The zero-order valence-electron chi connectivity index (χ0n) is 22.5. The van der Waals surface area contributed by atoms with Crippen molar-refractivity contribution in [3.8, 4) is 17.2 Å². The molecule has 198 valence electrons. The van der Waals surface area contributed by atoms with Gasteiger partial charge in [0.1, 0.15) is 29.4 Å². The first-order chi connectivity index (χ1) is 17.4. The van der Waals surface area contributed by atoms with Crippen LogP contribution in [0.5, 0.6) is 11.5 Å². The molecule has 2 aromatic carbocycles. The zero-order chi connectivity index (χ0) is 27.3. The van der Waals surface area contributed by atoms with Gasteiger partial charge in [0.05, 0.1) is 25.6 Å². The molecule has 0 spiro atoms. The minimum absolute atomic E-state index is 0.129. The van der Waals surface area contributed by atoms with Crippen LogP contribution in [0.3, 0.4) is 0 Å². The summed E-state index contributed by atoms with van der Waals surface area (Å²) in [5, 5.41) is 8.29. The third-order valence-corrected chi connectivity index (χ3v) is 5.92. The molecule has 3 rings (SSSR count). The summed E-state index contributed by atoms with van der Waals surface area (Å²) in [5.41, 5.74) is 1.61. The van der Waals surface area contributed by atoms with Crippen LogP contribution in [0.4, 0.5) is 5.82 Å². The van der Waals surface area contributed by atoms with E-state index in [2.05, 4.69) is 26.1 Å². The molecule has 0 fully saturated rings. The van der Waals surface area contributed by atoms with Gasteiger partial charge in [-0.25, -0.2) is 4.68 Å². The molecular formula is C28H35ClN4O4. The van der Waals surface area contributed by atoms with E-state index in [-0.39, 0.29) is 35.3 Å². The van der Waals surface area contributed by atoms with Crippen LogP contribution in [0.1, 0.15) is 50.7 Å². The lowest BCUT2D eigenvalue weighted by atomic mass is 9.92. The van der Waals surface area contributed by atoms with Crippen molar-refractivity contribution in [3.63, 3.8) is 0 Å². The monoisotopic (exact) mass is 526 g/mol. The molecule has 9 heteroatoms. The molecule has 0 unspecified atom stereocenters. The Bertz CT molecular complexity index is 1220. The van der Waals surface area contributed by atoms with Gasteiger partial charge in [0.2, 0.25) is 5.91 Å². The molecular weight excluding hydrogens is 492 g/mol. The number of anilines is 1. The van der Waals surface area contributed by atoms with Gasteiger partial charge < -0.3 is 19.7 Å². The molecule has 37 heavy (non-hydrogen) atoms. The Hall–Kier alpha value is -3.52. The van der Waals surface area contributed by atoms with E-state index in [0.717, 1.165) is 11.4 Å². The van der Waals surface area contributed by atoms with Gasteiger partial charge in [-0.3, -0.25) is 9.59 Å². The summed E-state index contributed by atoms with van der Waals surface area (Å²) in [4.78, 5) is 28.5. The number of halogens is 1. The topological polar surface area (TPSA) is 85.7 Å². The number of carbonyl (C=O) groups is 2. The fourth-order valence-corrected chi connectivity index (χ4v) is 3.98. The Labute approximate surface area is 223 Å². The average Bonchev–Trinajstić information content (AvgIpc) is 3.27. The second kappa shape index (κ2) is 11.7. The van der Waals surface area contributed by atoms with Crippen LogP contribution in [-0.4, -0.2) is 53.8 Å². The van der Waals surface area contributed by atoms with E-state index in [1.807, 2.05) is 32.0 Å². The van der Waals surface area contributed by atoms with Gasteiger partial charge in [0, 0.05) is 23.0 Å². The van der Waals surface area contributed by atoms with Gasteiger partial charge in [0.25, 0.3) is 5.91 Å². The van der Waals surface area contributed by atoms with E-state index in [4.69, 9.17) is 26.2 Å². The predicted octanol–water partition coefficient (Wildman–Crippen LogP) is 5.58. The summed E-state index contributed by atoms with van der Waals surface area (Å²) >= 11 is 6.07. The van der Waals surface area contributed by atoms with Gasteiger partial charge >= 0.3 is 0 Å². The van der Waals surface area contributed by atoms with Crippen molar-refractivity contribution >= 4 is 29.2 Å². The molecule has 0 saturated carbocycles. The predicted molar refractivity (Wildman–Crippen MR) is 146 cm³/mol. The maximum Gasteiger partial charge on any atom is 0.261 e. The first-order valence-corrected chi connectivity index (χ1v) is 12.5. The number of hydrogen-bond acceptors (Lipinski definition) is 5. The molecule has 0 radical (unpaired) electrons. The molecule has 2 amide bonds. The van der Waals surface area contributed by atoms with Crippen LogP contribution in [0.2, 0.25) is 5.02 Å². The molecule has 0 aliphatic rings. The number of hydrogen-bond donors (Lipinski definition) is 1. The Balaban J connectivity index is 1.93. The fourth-order valence-electron chi connectivity index (χ4n) is 3.85. The Morgan fingerprint density at radius 3 is 2.16 bits per heavy atom. The number of nitrogens with one attached hydrogen (secondary N) is 1. The van der Waals surface area contributed by atoms with Crippen LogP contribution in [0, 0.1) is 5.92 Å². The first kappa shape index (κ1) is 28.1. The van der Waals surface area contributed by atoms with E-state index in [1.54, 1.807) is 35.0 Å². The molecule has 1 N–H and O–H groups in total. The van der Waals surface area contributed by atoms with E-state index >= 15 is 0 Å². The number of methoxy groups -OCH3 is 2. The van der Waals surface area contributed by atoms with Gasteiger partial charge in [-0.2, -0.15) is 5.10 Å². The number of rotatable bonds is 9. The number of ether oxygens (including phenoxy) is 2. The Morgan fingerprint density at radius 1 is 1.05 bits per heavy atom. The second-order valence-corrected chi connectivity index (χ2v) is 10.7. The highest BCUT2D eigenvalue weighted by atomic mass is 35.5. The highest BCUT2D eigenvalue weighted by Crippen LogP contribution is 2.30. The van der Waals surface area contributed by atoms with Gasteiger partial charge in [-0.05, 0) is 42.3 Å². The summed E-state index contributed by atoms with van der Waals surface area (Å²) in [6, 6.07) is 14.2. The van der Waals surface area contributed by atoms with Crippen molar-refractivity contribution in [3.05, 3.63) is 64.8 Å². The fraction of sp³-hybridized carbons (Fsp3) is 0.393. The maximum absolute atomic E-state index is 13.6. The molecule has 1 heterocycles. The molecule has 0 bridgehead atoms. The largest absolute Gasteiger partial charge is 0.496 e. The maximum atomic E-state index is 13.6. The van der Waals surface area contributed by atoms with Crippen molar-refractivity contribution < 1.29 is 19.1 Å². The minimum Gasteiger partial charge on any atom is -0.496 e. The molecule has 0 atom stereocenters. The molecule has 0 aliphatic heterocycles. The molecule has 1 aromatic heterocycles. The lowest BCUT2D eigenvalue weighted by Crippen LogP contribution is -2.40. The quantitative estimate of drug-likeness (QED) is 0.393. The Morgan fingerprint density at radius 2 is 1.65 bits per heavy atom. The highest BCUT2D eigenvalue weighted by Gasteiger charge is 2.27. The highest BCUT2D eigenvalue weighted by molar-refractivity contribution is 6.30. The van der Waals surface area contributed by atoms with E-state index < -0.39 is 0 Å². The van der Waals surface area contributed by atoms with Crippen molar-refractivity contribution in [1.82, 2.24) is 14.7 Å². The molecule has 3 aromatic rings. The van der Waals surface area contributed by atoms with Crippen molar-refractivity contribution in [2.24, 2.45) is 5.92 Å². The van der Waals surface area contributed by atoms with Gasteiger partial charge in [0.15, 0.2) is 0 Å². The number of aromatic nitrogens is 2. The summed E-state index contributed by atoms with van der Waals surface area (Å²) in [7, 11) is 2.99. The van der Waals surface area contributed by atoms with Crippen LogP contribution < -0.4 is 14.8 Å². The van der Waals surface area contributed by atoms with E-state index in [1.165, 1.54) is 19.1 Å². The van der Waals surface area contributed by atoms with Crippen LogP contribution >= 0.6 is 11.6 Å². The van der Waals surface area contributed by atoms with Crippen LogP contribution in [0.15, 0.2) is 48.5 Å². The summed E-state index contributed by atoms with van der Waals surface area (Å²) < 4.78 is 12.5. The lowest BCUT2D eigenvalue weighted by molar-refractivity contribution is -0.117. The molecule has 8 nitrogen and oxygen atoms in total. The van der Waals surface area contributed by atoms with Crippen molar-refractivity contribution in [2.75, 3.05) is 32.6 Å². The Kier molecular flexibility index (Phi) is 8.86. The summed E-state index contributed by atoms with van der Waals surface area (Å²) in [6.07, 6.45) is 0. The molecule has 0 saturated heterocycles. The van der Waals surface area contributed by atoms with Crippen molar-refractivity contribution in [2.45, 2.75) is 40.0 Å². The number of amides is 2. The van der Waals surface area contributed by atoms with Crippen LogP contribution in [0.25, 0.3) is 5.69 Å². The van der Waals surface area contributed by atoms with E-state index in [9.17, 15) is 9.59 Å². The third kappa shape index (κ3) is 6.83. The third-order valence-electron chi connectivity index (χ3n) is 5.67. The summed E-state index contributed by atoms with van der Waals surface area (Å²) in [6.45, 7) is 10.3. The lowest BCUT2D eigenvalue weighted by Gasteiger charge is -2.25. The average molecular weight is 527 g/mol. The smallest absolute Gasteiger partial charge is 0.261 e. The zero-order valence-corrected chi connectivity index (χ0v) is 23.2. The van der Waals surface area contributed by atoms with Gasteiger partial charge in [-0.1, -0.05) is 52.3 Å². The summed E-state index contributed by atoms with van der Waals surface area (Å²) in [5.74, 6) is 0.704. The number of benzene rings is 2. The SMILES string of the molecule is COc1cccc(OC)c1C(=O)N(CC(=O)Nc1cc(C(C)(C)C)nn1-c1ccc(Cl)cc1)CC(C)C. The number of nitrogens with zero attached hydrogens (tertiary/aromatic N) is 3. The van der Waals surface area contributed by atoms with Crippen molar-refractivity contribution in [1.29, 1.82) is 0 Å². The van der Waals surface area contributed by atoms with Gasteiger partial charge in [-0.15, -0.1) is 0 Å². The van der Waals surface area contributed by atoms with Crippen LogP contribution in [-0.2, 0) is 10.2 Å². The standard InChI is InChI=1S/C28H35ClN4O4/c1-18(2)16-32(27(35)26-21(36-6)9-8-10-22(26)37-7)17-25(34)30-24-15-23(28(3,4)5)31-33(24)20-13-11-19(29)12-14-20/h8-15,18H,16-17H2,1-7H3,(H,30,34). The molecule has 0 aliphatic carbocycles. The normalized spacial score (nSPS) is 11.4. The van der Waals surface area contributed by atoms with E-state index in [0.29, 0.717) is 28.9 Å².